The maximum atomic E-state index is 13.2. The van der Waals surface area contributed by atoms with Gasteiger partial charge in [-0.2, -0.15) is 5.26 Å². The molecule has 0 bridgehead atoms. The van der Waals surface area contributed by atoms with E-state index in [9.17, 15) is 14.4 Å². The van der Waals surface area contributed by atoms with Gasteiger partial charge in [0.05, 0.1) is 16.0 Å². The van der Waals surface area contributed by atoms with Crippen LogP contribution in [0.5, 0.6) is 17.2 Å². The number of esters is 1. The van der Waals surface area contributed by atoms with Gasteiger partial charge in [-0.3, -0.25) is 0 Å². The van der Waals surface area contributed by atoms with Crippen molar-refractivity contribution in [3.05, 3.63) is 134 Å². The van der Waals surface area contributed by atoms with Crippen LogP contribution in [-0.4, -0.2) is 5.97 Å². The summed E-state index contributed by atoms with van der Waals surface area (Å²) in [5, 5.41) is 11.2. The molecule has 0 spiro atoms. The molecule has 0 saturated heterocycles. The summed E-state index contributed by atoms with van der Waals surface area (Å²) in [6, 6.07) is 25.7. The highest BCUT2D eigenvalue weighted by Gasteiger charge is 2.31. The van der Waals surface area contributed by atoms with Crippen molar-refractivity contribution in [2.24, 2.45) is 5.73 Å². The highest BCUT2D eigenvalue weighted by molar-refractivity contribution is 7.21. The first-order valence-corrected chi connectivity index (χ1v) is 14.2. The molecule has 0 saturated carbocycles. The zero-order valence-corrected chi connectivity index (χ0v) is 23.9. The number of carbonyl (C=O) groups is 1. The predicted octanol–water partition coefficient (Wildman–Crippen LogP) is 8.36. The van der Waals surface area contributed by atoms with Gasteiger partial charge >= 0.3 is 5.97 Å². The van der Waals surface area contributed by atoms with Crippen LogP contribution in [0.2, 0.25) is 10.0 Å². The average molecular weight is 617 g/mol. The molecule has 1 aromatic heterocycles. The number of hydrogen-bond donors (Lipinski definition) is 1. The third-order valence-corrected chi connectivity index (χ3v) is 8.64. The molecule has 0 fully saturated rings. The number of fused-ring (bicyclic) bond motifs is 2. The minimum Gasteiger partial charge on any atom is -0.489 e. The smallest absolute Gasteiger partial charge is 0.355 e. The summed E-state index contributed by atoms with van der Waals surface area (Å²) in [5.74, 6) is -0.468. The van der Waals surface area contributed by atoms with E-state index in [2.05, 4.69) is 6.07 Å². The largest absolute Gasteiger partial charge is 0.489 e. The van der Waals surface area contributed by atoms with E-state index >= 15 is 0 Å². The number of allylic oxidation sites excluding steroid dienone is 1. The lowest BCUT2D eigenvalue weighted by Gasteiger charge is -2.27. The van der Waals surface area contributed by atoms with Crippen molar-refractivity contribution in [2.75, 3.05) is 0 Å². The molecular weight excluding hydrogens is 598 g/mol. The van der Waals surface area contributed by atoms with Gasteiger partial charge in [-0.1, -0.05) is 59.6 Å². The van der Waals surface area contributed by atoms with Crippen LogP contribution >= 0.6 is 34.5 Å². The van der Waals surface area contributed by atoms with Crippen LogP contribution in [0, 0.1) is 17.1 Å². The number of rotatable bonds is 6. The van der Waals surface area contributed by atoms with Crippen LogP contribution in [0.3, 0.4) is 0 Å². The first-order valence-electron chi connectivity index (χ1n) is 12.6. The summed E-state index contributed by atoms with van der Waals surface area (Å²) in [6.07, 6.45) is 0. The Bertz CT molecular complexity index is 1930. The van der Waals surface area contributed by atoms with Crippen molar-refractivity contribution in [2.45, 2.75) is 12.5 Å². The van der Waals surface area contributed by atoms with Crippen molar-refractivity contribution >= 4 is 50.6 Å². The lowest BCUT2D eigenvalue weighted by molar-refractivity contribution is 0.0740. The molecule has 2 heterocycles. The van der Waals surface area contributed by atoms with Crippen LogP contribution in [0.15, 0.2) is 96.4 Å². The van der Waals surface area contributed by atoms with Crippen LogP contribution < -0.4 is 19.9 Å². The van der Waals surface area contributed by atoms with E-state index in [0.29, 0.717) is 27.5 Å². The molecule has 5 aromatic rings. The SMILES string of the molecule is N#CC1=C(N)Oc2cc(OC(=O)c3sc4cccc(Cl)c4c3Cl)ccc2C1c1cccc(OCc2ccc(F)cc2)c1. The minimum absolute atomic E-state index is 0.0571. The average Bonchev–Trinajstić information content (AvgIpc) is 3.33. The van der Waals surface area contributed by atoms with E-state index in [0.717, 1.165) is 15.8 Å². The summed E-state index contributed by atoms with van der Waals surface area (Å²) in [6.45, 7) is 0.238. The van der Waals surface area contributed by atoms with Gasteiger partial charge in [0.25, 0.3) is 0 Å². The number of thiophene rings is 1. The first kappa shape index (κ1) is 27.6. The van der Waals surface area contributed by atoms with Crippen LogP contribution in [0.1, 0.15) is 32.3 Å². The molecule has 0 aliphatic carbocycles. The molecule has 42 heavy (non-hydrogen) atoms. The second-order valence-corrected chi connectivity index (χ2v) is 11.2. The number of hydrogen-bond acceptors (Lipinski definition) is 7. The zero-order valence-electron chi connectivity index (χ0n) is 21.6. The normalized spacial score (nSPS) is 14.2. The van der Waals surface area contributed by atoms with Gasteiger partial charge in [0.15, 0.2) is 0 Å². The molecule has 1 atom stereocenters. The Hall–Kier alpha value is -4.55. The molecule has 10 heteroatoms. The Morgan fingerprint density at radius 3 is 2.57 bits per heavy atom. The fourth-order valence-electron chi connectivity index (χ4n) is 4.73. The molecule has 0 amide bonds. The summed E-state index contributed by atoms with van der Waals surface area (Å²) in [5.41, 5.74) is 8.61. The van der Waals surface area contributed by atoms with Crippen molar-refractivity contribution in [3.63, 3.8) is 0 Å². The monoisotopic (exact) mass is 616 g/mol. The Balaban J connectivity index is 1.28. The molecule has 6 nitrogen and oxygen atoms in total. The maximum Gasteiger partial charge on any atom is 0.355 e. The Morgan fingerprint density at radius 2 is 1.81 bits per heavy atom. The molecular formula is C32H19Cl2FN2O4S. The number of nitrogens with two attached hydrogens (primary N) is 1. The highest BCUT2D eigenvalue weighted by Crippen LogP contribution is 2.45. The van der Waals surface area contributed by atoms with E-state index in [1.807, 2.05) is 24.3 Å². The highest BCUT2D eigenvalue weighted by atomic mass is 35.5. The molecule has 208 valence electrons. The third kappa shape index (κ3) is 5.26. The van der Waals surface area contributed by atoms with Crippen LogP contribution in [0.25, 0.3) is 10.1 Å². The fraction of sp³-hybridized carbons (Fsp3) is 0.0625. The van der Waals surface area contributed by atoms with Crippen molar-refractivity contribution in [3.8, 4) is 23.3 Å². The van der Waals surface area contributed by atoms with Crippen molar-refractivity contribution in [1.29, 1.82) is 5.26 Å². The minimum atomic E-state index is -0.642. The van der Waals surface area contributed by atoms with Gasteiger partial charge in [0.2, 0.25) is 5.88 Å². The number of nitriles is 1. The van der Waals surface area contributed by atoms with E-state index in [1.54, 1.807) is 48.5 Å². The van der Waals surface area contributed by atoms with Gasteiger partial charge in [0, 0.05) is 21.7 Å². The van der Waals surface area contributed by atoms with E-state index < -0.39 is 11.9 Å². The fourth-order valence-corrected chi connectivity index (χ4v) is 6.55. The van der Waals surface area contributed by atoms with Gasteiger partial charge in [-0.05, 0) is 53.6 Å². The molecule has 6 rings (SSSR count). The molecule has 1 aliphatic heterocycles. The molecule has 1 aliphatic rings. The number of benzene rings is 4. The summed E-state index contributed by atoms with van der Waals surface area (Å²) >= 11 is 13.9. The Morgan fingerprint density at radius 1 is 1.02 bits per heavy atom. The van der Waals surface area contributed by atoms with E-state index in [-0.39, 0.29) is 39.5 Å². The first-order chi connectivity index (χ1) is 20.3. The number of ether oxygens (including phenoxy) is 3. The standard InChI is InChI=1S/C32H19Cl2FN2O4S/c33-24-5-2-6-26-28(24)29(34)30(42-26)32(38)40-21-11-12-22-25(14-21)41-31(37)23(15-36)27(22)18-3-1-4-20(13-18)39-16-17-7-9-19(35)10-8-17/h1-14,27H,16,37H2. The van der Waals surface area contributed by atoms with Crippen molar-refractivity contribution < 1.29 is 23.4 Å². The Kier molecular flexibility index (Phi) is 7.48. The predicted molar refractivity (Wildman–Crippen MR) is 160 cm³/mol. The second kappa shape index (κ2) is 11.4. The summed E-state index contributed by atoms with van der Waals surface area (Å²) < 4.78 is 31.4. The van der Waals surface area contributed by atoms with Crippen molar-refractivity contribution in [1.82, 2.24) is 0 Å². The third-order valence-electron chi connectivity index (χ3n) is 6.70. The second-order valence-electron chi connectivity index (χ2n) is 9.36. The molecule has 0 radical (unpaired) electrons. The molecule has 1 unspecified atom stereocenters. The summed E-state index contributed by atoms with van der Waals surface area (Å²) in [7, 11) is 0. The summed E-state index contributed by atoms with van der Waals surface area (Å²) in [4.78, 5) is 13.3. The van der Waals surface area contributed by atoms with Gasteiger partial charge < -0.3 is 19.9 Å². The number of nitrogens with zero attached hydrogens (tertiary/aromatic N) is 1. The van der Waals surface area contributed by atoms with E-state index in [1.165, 1.54) is 23.5 Å². The lowest BCUT2D eigenvalue weighted by atomic mass is 9.83. The van der Waals surface area contributed by atoms with Crippen LogP contribution in [-0.2, 0) is 6.61 Å². The van der Waals surface area contributed by atoms with Gasteiger partial charge in [-0.25, -0.2) is 9.18 Å². The maximum absolute atomic E-state index is 13.2. The number of halogens is 3. The Labute approximate surface area is 253 Å². The van der Waals surface area contributed by atoms with Crippen LogP contribution in [0.4, 0.5) is 4.39 Å². The molecule has 4 aromatic carbocycles. The lowest BCUT2D eigenvalue weighted by Crippen LogP contribution is -2.21. The van der Waals surface area contributed by atoms with Gasteiger partial charge in [0.1, 0.15) is 46.2 Å². The van der Waals surface area contributed by atoms with Gasteiger partial charge in [-0.15, -0.1) is 11.3 Å². The quantitative estimate of drug-likeness (QED) is 0.152. The van der Waals surface area contributed by atoms with E-state index in [4.69, 9.17) is 43.1 Å². The molecule has 2 N–H and O–H groups in total. The number of carbonyl (C=O) groups excluding carboxylic acids is 1. The topological polar surface area (TPSA) is 94.6 Å². The zero-order chi connectivity index (χ0) is 29.4.